The van der Waals surface area contributed by atoms with Gasteiger partial charge >= 0.3 is 0 Å². The lowest BCUT2D eigenvalue weighted by Crippen LogP contribution is -2.24. The maximum Gasteiger partial charge on any atom is 0.235 e. The Morgan fingerprint density at radius 2 is 1.24 bits per heavy atom. The van der Waals surface area contributed by atoms with E-state index in [1.165, 1.54) is 44.1 Å². The third-order valence-corrected chi connectivity index (χ3v) is 14.0. The first-order valence-corrected chi connectivity index (χ1v) is 22.7. The molecule has 8 aromatic carbocycles. The number of anilines is 2. The molecular formula is C61H43N5. The zero-order chi connectivity index (χ0) is 44.1. The van der Waals surface area contributed by atoms with Gasteiger partial charge in [-0.15, -0.1) is 0 Å². The molecule has 5 nitrogen and oxygen atoms in total. The van der Waals surface area contributed by atoms with Crippen molar-refractivity contribution >= 4 is 71.3 Å². The van der Waals surface area contributed by atoms with Crippen molar-refractivity contribution in [2.75, 3.05) is 4.90 Å². The molecule has 5 heteroatoms. The van der Waals surface area contributed by atoms with Gasteiger partial charge in [-0.05, 0) is 81.8 Å². The summed E-state index contributed by atoms with van der Waals surface area (Å²) in [7, 11) is 0. The highest BCUT2D eigenvalue weighted by Crippen LogP contribution is 2.55. The van der Waals surface area contributed by atoms with Gasteiger partial charge in [0.1, 0.15) is 0 Å². The van der Waals surface area contributed by atoms with Gasteiger partial charge in [0.15, 0.2) is 0 Å². The van der Waals surface area contributed by atoms with Crippen molar-refractivity contribution < 1.29 is 0 Å². The monoisotopic (exact) mass is 845 g/mol. The van der Waals surface area contributed by atoms with Crippen molar-refractivity contribution in [2.45, 2.75) is 25.7 Å². The number of aromatic nitrogens is 4. The molecule has 2 aliphatic rings. The van der Waals surface area contributed by atoms with E-state index in [1.807, 2.05) is 18.2 Å². The van der Waals surface area contributed by atoms with Gasteiger partial charge < -0.3 is 4.90 Å². The molecule has 0 saturated carbocycles. The van der Waals surface area contributed by atoms with Crippen molar-refractivity contribution in [3.05, 3.63) is 235 Å². The number of benzene rings is 8. The summed E-state index contributed by atoms with van der Waals surface area (Å²) < 4.78 is 2.21. The van der Waals surface area contributed by atoms with E-state index in [2.05, 4.69) is 212 Å². The normalized spacial score (nSPS) is 14.7. The summed E-state index contributed by atoms with van der Waals surface area (Å²) in [5.41, 5.74) is 17.8. The average molecular weight is 846 g/mol. The van der Waals surface area contributed by atoms with Crippen LogP contribution in [0.1, 0.15) is 36.2 Å². The van der Waals surface area contributed by atoms with Crippen molar-refractivity contribution in [2.24, 2.45) is 0 Å². The van der Waals surface area contributed by atoms with Crippen molar-refractivity contribution in [3.63, 3.8) is 0 Å². The fourth-order valence-corrected chi connectivity index (χ4v) is 10.9. The molecule has 0 unspecified atom stereocenters. The van der Waals surface area contributed by atoms with Crippen LogP contribution in [0.5, 0.6) is 0 Å². The molecule has 13 rings (SSSR count). The van der Waals surface area contributed by atoms with E-state index in [0.29, 0.717) is 12.4 Å². The molecule has 0 N–H and O–H groups in total. The summed E-state index contributed by atoms with van der Waals surface area (Å²) in [4.78, 5) is 18.3. The summed E-state index contributed by atoms with van der Waals surface area (Å²) in [6, 6.07) is 65.0. The number of nitrogens with zero attached hydrogens (tertiary/aromatic N) is 5. The van der Waals surface area contributed by atoms with E-state index >= 15 is 0 Å². The summed E-state index contributed by atoms with van der Waals surface area (Å²) in [5, 5.41) is 6.89. The first-order chi connectivity index (χ1) is 32.5. The highest BCUT2D eigenvalue weighted by molar-refractivity contribution is 6.14. The number of pyridine rings is 1. The molecule has 0 spiro atoms. The van der Waals surface area contributed by atoms with E-state index in [0.717, 1.165) is 77.7 Å². The van der Waals surface area contributed by atoms with Crippen LogP contribution >= 0.6 is 0 Å². The van der Waals surface area contributed by atoms with Crippen molar-refractivity contribution in [1.82, 2.24) is 19.5 Å². The topological polar surface area (TPSA) is 46.8 Å². The summed E-state index contributed by atoms with van der Waals surface area (Å²) in [6.45, 7) is 9.09. The minimum atomic E-state index is -0.133. The van der Waals surface area contributed by atoms with Gasteiger partial charge in [0.05, 0.1) is 44.8 Å². The second kappa shape index (κ2) is 14.6. The van der Waals surface area contributed by atoms with Crippen LogP contribution in [0.25, 0.3) is 88.3 Å². The fraction of sp³-hybridized carbons (Fsp3) is 0.0656. The first-order valence-electron chi connectivity index (χ1n) is 22.7. The maximum absolute atomic E-state index is 5.36. The van der Waals surface area contributed by atoms with E-state index in [1.54, 1.807) is 0 Å². The second-order valence-corrected chi connectivity index (χ2v) is 18.0. The molecule has 0 fully saturated rings. The van der Waals surface area contributed by atoms with Crippen LogP contribution < -0.4 is 4.90 Å². The minimum Gasteiger partial charge on any atom is -0.312 e. The van der Waals surface area contributed by atoms with Gasteiger partial charge in [0.25, 0.3) is 0 Å². The van der Waals surface area contributed by atoms with Crippen molar-refractivity contribution in [1.29, 1.82) is 0 Å². The highest BCUT2D eigenvalue weighted by Gasteiger charge is 2.39. The van der Waals surface area contributed by atoms with Gasteiger partial charge in [-0.2, -0.15) is 0 Å². The number of para-hydroxylation sites is 3. The van der Waals surface area contributed by atoms with E-state index in [9.17, 15) is 0 Å². The molecule has 312 valence electrons. The third kappa shape index (κ3) is 5.63. The Hall–Kier alpha value is -8.41. The van der Waals surface area contributed by atoms with Gasteiger partial charge in [0, 0.05) is 55.6 Å². The fourth-order valence-electron chi connectivity index (χ4n) is 10.9. The number of hydrogen-bond acceptors (Lipinski definition) is 4. The van der Waals surface area contributed by atoms with Crippen LogP contribution in [0.3, 0.4) is 0 Å². The number of hydrogen-bond donors (Lipinski definition) is 0. The lowest BCUT2D eigenvalue weighted by atomic mass is 9.82. The molecule has 66 heavy (non-hydrogen) atoms. The third-order valence-electron chi connectivity index (χ3n) is 14.0. The summed E-state index contributed by atoms with van der Waals surface area (Å²) in [5.74, 6) is 0.642. The standard InChI is InChI=1S/C61H43N5/c1-4-38(40-33-35-54-47(36-40)43-21-11-15-29-53(43)66(54)60-63-51-28-14-10-23-46(51)59(64-60)39-18-6-5-7-19-39)32-34-41-37-52-58-44(42-20-9-13-27-50(42)62-52)24-16-30-56(58)65(41)55-31-17-26-49-57(55)45-22-8-12-25-48(45)61(49,2)3/h4-36H,1,37H2,2-3H3/b38-32+,41-34+. The zero-order valence-electron chi connectivity index (χ0n) is 36.7. The lowest BCUT2D eigenvalue weighted by molar-refractivity contribution is 0.660. The number of rotatable bonds is 6. The maximum atomic E-state index is 5.36. The highest BCUT2D eigenvalue weighted by atomic mass is 15.2. The zero-order valence-corrected chi connectivity index (χ0v) is 36.7. The number of allylic oxidation sites excluding steroid dienone is 5. The molecule has 4 heterocycles. The molecule has 0 saturated heterocycles. The molecular weight excluding hydrogens is 803 g/mol. The SMILES string of the molecule is C=C/C(=C\C=C1/Cc2nc3ccccc3c3cccc(c23)N1c1cccc2c1-c1ccccc1C2(C)C)c1ccc2c(c1)c1ccccc1n2-c1nc(-c2ccccc2)c2ccccc2n1. The quantitative estimate of drug-likeness (QED) is 0.124. The Balaban J connectivity index is 0.990. The lowest BCUT2D eigenvalue weighted by Gasteiger charge is -2.35. The van der Waals surface area contributed by atoms with Crippen LogP contribution in [-0.2, 0) is 11.8 Å². The Morgan fingerprint density at radius 1 is 0.576 bits per heavy atom. The largest absolute Gasteiger partial charge is 0.312 e. The van der Waals surface area contributed by atoms with E-state index < -0.39 is 0 Å². The molecule has 0 amide bonds. The summed E-state index contributed by atoms with van der Waals surface area (Å²) in [6.07, 6.45) is 7.17. The van der Waals surface area contributed by atoms with Crippen LogP contribution in [-0.4, -0.2) is 19.5 Å². The smallest absolute Gasteiger partial charge is 0.235 e. The molecule has 0 radical (unpaired) electrons. The summed E-state index contributed by atoms with van der Waals surface area (Å²) >= 11 is 0. The van der Waals surface area contributed by atoms with Crippen LogP contribution in [0.2, 0.25) is 0 Å². The predicted molar refractivity (Wildman–Crippen MR) is 275 cm³/mol. The molecule has 1 aliphatic heterocycles. The first kappa shape index (κ1) is 38.1. The Morgan fingerprint density at radius 3 is 2.09 bits per heavy atom. The van der Waals surface area contributed by atoms with Gasteiger partial charge in [-0.25, -0.2) is 9.97 Å². The minimum absolute atomic E-state index is 0.133. The van der Waals surface area contributed by atoms with Gasteiger partial charge in [-0.3, -0.25) is 9.55 Å². The van der Waals surface area contributed by atoms with E-state index in [-0.39, 0.29) is 5.41 Å². The number of fused-ring (bicyclic) bond motifs is 9. The van der Waals surface area contributed by atoms with Crippen LogP contribution in [0, 0.1) is 0 Å². The molecule has 0 bridgehead atoms. The predicted octanol–water partition coefficient (Wildman–Crippen LogP) is 15.2. The van der Waals surface area contributed by atoms with E-state index in [4.69, 9.17) is 15.0 Å². The van der Waals surface area contributed by atoms with Gasteiger partial charge in [-0.1, -0.05) is 172 Å². The molecule has 11 aromatic rings. The Labute approximate surface area is 383 Å². The molecule has 1 aliphatic carbocycles. The van der Waals surface area contributed by atoms with Crippen LogP contribution in [0.4, 0.5) is 11.4 Å². The Bertz CT molecular complexity index is 3910. The molecule has 0 atom stereocenters. The van der Waals surface area contributed by atoms with Crippen molar-refractivity contribution in [3.8, 4) is 28.3 Å². The molecule has 3 aromatic heterocycles. The second-order valence-electron chi connectivity index (χ2n) is 18.0. The average Bonchev–Trinajstić information content (AvgIpc) is 3.82. The van der Waals surface area contributed by atoms with Crippen LogP contribution in [0.15, 0.2) is 212 Å². The van der Waals surface area contributed by atoms with Gasteiger partial charge in [0.2, 0.25) is 5.95 Å². The Kier molecular flexibility index (Phi) is 8.40.